The smallest absolute Gasteiger partial charge is 0.225 e. The minimum atomic E-state index is -0.448. The Morgan fingerprint density at radius 1 is 1.38 bits per heavy atom. The van der Waals surface area contributed by atoms with Crippen molar-refractivity contribution in [3.8, 4) is 0 Å². The van der Waals surface area contributed by atoms with Gasteiger partial charge in [0.1, 0.15) is 0 Å². The number of imidazole rings is 1. The topological polar surface area (TPSA) is 68.1 Å². The van der Waals surface area contributed by atoms with Gasteiger partial charge in [0, 0.05) is 33.9 Å². The Bertz CT molecular complexity index is 586. The number of anilines is 2. The number of ether oxygens (including phenoxy) is 1. The molecule has 2 aromatic heterocycles. The summed E-state index contributed by atoms with van der Waals surface area (Å²) in [5, 5.41) is 3.07. The standard InChI is InChI=1S/C13H19FN6O/c1-19(2)12-11(14)8-17-13(18-12)16-7-10-6-15-9-20(10)4-5-21-3/h6,8-9H,4-5,7H2,1-3H3,(H,16,17,18). The first-order valence-electron chi connectivity index (χ1n) is 6.53. The second-order valence-electron chi connectivity index (χ2n) is 4.68. The maximum absolute atomic E-state index is 13.5. The van der Waals surface area contributed by atoms with Crippen molar-refractivity contribution in [3.63, 3.8) is 0 Å². The predicted molar refractivity (Wildman–Crippen MR) is 77.7 cm³/mol. The van der Waals surface area contributed by atoms with Gasteiger partial charge in [-0.3, -0.25) is 0 Å². The summed E-state index contributed by atoms with van der Waals surface area (Å²) in [7, 11) is 5.12. The normalized spacial score (nSPS) is 10.7. The molecule has 0 aromatic carbocycles. The van der Waals surface area contributed by atoms with Crippen LogP contribution in [0, 0.1) is 5.82 Å². The van der Waals surface area contributed by atoms with E-state index in [9.17, 15) is 4.39 Å². The van der Waals surface area contributed by atoms with Gasteiger partial charge in [0.25, 0.3) is 0 Å². The third-order valence-electron chi connectivity index (χ3n) is 2.91. The molecule has 0 saturated heterocycles. The lowest BCUT2D eigenvalue weighted by Gasteiger charge is -2.13. The molecular weight excluding hydrogens is 275 g/mol. The van der Waals surface area contributed by atoms with Crippen LogP contribution in [0.4, 0.5) is 16.2 Å². The first kappa shape index (κ1) is 15.2. The largest absolute Gasteiger partial charge is 0.383 e. The lowest BCUT2D eigenvalue weighted by Crippen LogP contribution is -2.16. The molecule has 21 heavy (non-hydrogen) atoms. The van der Waals surface area contributed by atoms with Crippen LogP contribution in [0.3, 0.4) is 0 Å². The average molecular weight is 294 g/mol. The van der Waals surface area contributed by atoms with Crippen molar-refractivity contribution in [2.24, 2.45) is 0 Å². The summed E-state index contributed by atoms with van der Waals surface area (Å²) in [5.41, 5.74) is 0.978. The zero-order valence-electron chi connectivity index (χ0n) is 12.4. The van der Waals surface area contributed by atoms with Crippen molar-refractivity contribution < 1.29 is 9.13 Å². The summed E-state index contributed by atoms with van der Waals surface area (Å²) in [6.45, 7) is 1.84. The van der Waals surface area contributed by atoms with Gasteiger partial charge in [-0.25, -0.2) is 14.4 Å². The molecule has 0 aliphatic heterocycles. The fraction of sp³-hybridized carbons (Fsp3) is 0.462. The first-order chi connectivity index (χ1) is 10.1. The summed E-state index contributed by atoms with van der Waals surface area (Å²) in [5.74, 6) is 0.177. The fourth-order valence-electron chi connectivity index (χ4n) is 1.81. The van der Waals surface area contributed by atoms with E-state index in [0.717, 1.165) is 18.4 Å². The van der Waals surface area contributed by atoms with Crippen LogP contribution in [-0.4, -0.2) is 47.3 Å². The van der Waals surface area contributed by atoms with Crippen molar-refractivity contribution in [2.75, 3.05) is 38.0 Å². The lowest BCUT2D eigenvalue weighted by molar-refractivity contribution is 0.186. The quantitative estimate of drug-likeness (QED) is 0.826. The predicted octanol–water partition coefficient (Wildman–Crippen LogP) is 1.14. The number of rotatable bonds is 7. The van der Waals surface area contributed by atoms with Gasteiger partial charge in [0.15, 0.2) is 11.6 Å². The molecule has 2 aromatic rings. The summed E-state index contributed by atoms with van der Waals surface area (Å²) in [6.07, 6.45) is 4.67. The van der Waals surface area contributed by atoms with E-state index < -0.39 is 5.82 Å². The maximum Gasteiger partial charge on any atom is 0.225 e. The van der Waals surface area contributed by atoms with Crippen LogP contribution >= 0.6 is 0 Å². The Hall–Kier alpha value is -2.22. The van der Waals surface area contributed by atoms with Crippen molar-refractivity contribution in [1.82, 2.24) is 19.5 Å². The number of hydrogen-bond donors (Lipinski definition) is 1. The minimum absolute atomic E-state index is 0.250. The maximum atomic E-state index is 13.5. The highest BCUT2D eigenvalue weighted by Crippen LogP contribution is 2.14. The Morgan fingerprint density at radius 3 is 2.90 bits per heavy atom. The van der Waals surface area contributed by atoms with Crippen molar-refractivity contribution in [2.45, 2.75) is 13.1 Å². The molecule has 0 atom stereocenters. The van der Waals surface area contributed by atoms with Crippen LogP contribution in [0.2, 0.25) is 0 Å². The SMILES string of the molecule is COCCn1cncc1CNc1ncc(F)c(N(C)C)n1. The molecule has 0 spiro atoms. The molecule has 7 nitrogen and oxygen atoms in total. The van der Waals surface area contributed by atoms with Gasteiger partial charge in [-0.15, -0.1) is 0 Å². The molecule has 2 heterocycles. The number of methoxy groups -OCH3 is 1. The molecule has 114 valence electrons. The van der Waals surface area contributed by atoms with Gasteiger partial charge >= 0.3 is 0 Å². The van der Waals surface area contributed by atoms with E-state index in [1.807, 2.05) is 4.57 Å². The molecule has 1 N–H and O–H groups in total. The zero-order valence-corrected chi connectivity index (χ0v) is 12.4. The Labute approximate surface area is 122 Å². The minimum Gasteiger partial charge on any atom is -0.383 e. The Balaban J connectivity index is 2.03. The monoisotopic (exact) mass is 294 g/mol. The van der Waals surface area contributed by atoms with Crippen LogP contribution in [-0.2, 0) is 17.8 Å². The van der Waals surface area contributed by atoms with Gasteiger partial charge in [0.05, 0.1) is 31.4 Å². The first-order valence-corrected chi connectivity index (χ1v) is 6.53. The average Bonchev–Trinajstić information content (AvgIpc) is 2.91. The fourth-order valence-corrected chi connectivity index (χ4v) is 1.81. The van der Waals surface area contributed by atoms with Crippen LogP contribution in [0.15, 0.2) is 18.7 Å². The summed E-state index contributed by atoms with van der Waals surface area (Å²) in [4.78, 5) is 13.8. The van der Waals surface area contributed by atoms with Gasteiger partial charge in [-0.1, -0.05) is 0 Å². The number of nitrogens with zero attached hydrogens (tertiary/aromatic N) is 5. The van der Waals surface area contributed by atoms with E-state index in [1.54, 1.807) is 38.6 Å². The molecule has 0 fully saturated rings. The summed E-state index contributed by atoms with van der Waals surface area (Å²) in [6, 6.07) is 0. The van der Waals surface area contributed by atoms with E-state index in [4.69, 9.17) is 4.74 Å². The highest BCUT2D eigenvalue weighted by molar-refractivity contribution is 5.42. The van der Waals surface area contributed by atoms with Gasteiger partial charge in [-0.05, 0) is 0 Å². The van der Waals surface area contributed by atoms with Gasteiger partial charge in [0.2, 0.25) is 5.95 Å². The second-order valence-corrected chi connectivity index (χ2v) is 4.68. The summed E-state index contributed by atoms with van der Waals surface area (Å²) >= 11 is 0. The van der Waals surface area contributed by atoms with Crippen molar-refractivity contribution in [1.29, 1.82) is 0 Å². The van der Waals surface area contributed by atoms with E-state index >= 15 is 0 Å². The van der Waals surface area contributed by atoms with Crippen LogP contribution in [0.1, 0.15) is 5.69 Å². The van der Waals surface area contributed by atoms with Gasteiger partial charge in [-0.2, -0.15) is 4.98 Å². The van der Waals surface area contributed by atoms with E-state index in [0.29, 0.717) is 19.1 Å². The molecular formula is C13H19FN6O. The molecule has 0 aliphatic rings. The zero-order chi connectivity index (χ0) is 15.2. The van der Waals surface area contributed by atoms with Crippen molar-refractivity contribution in [3.05, 3.63) is 30.2 Å². The van der Waals surface area contributed by atoms with Crippen LogP contribution < -0.4 is 10.2 Å². The highest BCUT2D eigenvalue weighted by atomic mass is 19.1. The number of halogens is 1. The lowest BCUT2D eigenvalue weighted by atomic mass is 10.4. The molecule has 0 amide bonds. The highest BCUT2D eigenvalue weighted by Gasteiger charge is 2.09. The van der Waals surface area contributed by atoms with Crippen LogP contribution in [0.25, 0.3) is 0 Å². The number of aromatic nitrogens is 4. The van der Waals surface area contributed by atoms with E-state index in [1.165, 1.54) is 0 Å². The third kappa shape index (κ3) is 3.88. The number of nitrogens with one attached hydrogen (secondary N) is 1. The third-order valence-corrected chi connectivity index (χ3v) is 2.91. The molecule has 0 unspecified atom stereocenters. The molecule has 0 aliphatic carbocycles. The van der Waals surface area contributed by atoms with E-state index in [-0.39, 0.29) is 5.82 Å². The Kier molecular flexibility index (Phi) is 5.04. The summed E-state index contributed by atoms with van der Waals surface area (Å²) < 4.78 is 20.5. The van der Waals surface area contributed by atoms with Gasteiger partial charge < -0.3 is 19.5 Å². The number of hydrogen-bond acceptors (Lipinski definition) is 6. The van der Waals surface area contributed by atoms with Crippen LogP contribution in [0.5, 0.6) is 0 Å². The second kappa shape index (κ2) is 6.98. The molecule has 0 radical (unpaired) electrons. The van der Waals surface area contributed by atoms with E-state index in [2.05, 4.69) is 20.3 Å². The Morgan fingerprint density at radius 2 is 2.19 bits per heavy atom. The molecule has 0 saturated carbocycles. The van der Waals surface area contributed by atoms with Crippen molar-refractivity contribution >= 4 is 11.8 Å². The molecule has 8 heteroatoms. The molecule has 2 rings (SSSR count). The molecule has 0 bridgehead atoms.